The first-order valence-corrected chi connectivity index (χ1v) is 11.4. The number of carbonyl (C=O) groups excluding carboxylic acids is 2. The van der Waals surface area contributed by atoms with Gasteiger partial charge in [0.25, 0.3) is 0 Å². The lowest BCUT2D eigenvalue weighted by atomic mass is 9.94. The first-order chi connectivity index (χ1) is 15.7. The predicted molar refractivity (Wildman–Crippen MR) is 124 cm³/mol. The zero-order valence-electron chi connectivity index (χ0n) is 19.0. The molecule has 7 nitrogen and oxygen atoms in total. The number of nitrogens with one attached hydrogen (secondary N) is 1. The van der Waals surface area contributed by atoms with Gasteiger partial charge in [0.2, 0.25) is 5.91 Å². The van der Waals surface area contributed by atoms with E-state index in [2.05, 4.69) is 29.6 Å². The van der Waals surface area contributed by atoms with E-state index in [-0.39, 0.29) is 37.2 Å². The second-order valence-corrected chi connectivity index (χ2v) is 9.60. The third kappa shape index (κ3) is 5.18. The van der Waals surface area contributed by atoms with Crippen LogP contribution in [0.1, 0.15) is 50.2 Å². The van der Waals surface area contributed by atoms with Crippen molar-refractivity contribution in [3.63, 3.8) is 0 Å². The average molecular weight is 451 g/mol. The van der Waals surface area contributed by atoms with Crippen molar-refractivity contribution in [1.82, 2.24) is 10.2 Å². The number of carboxylic acids is 1. The first-order valence-electron chi connectivity index (χ1n) is 11.4. The van der Waals surface area contributed by atoms with Crippen LogP contribution in [0.3, 0.4) is 0 Å². The molecule has 2 aromatic carbocycles. The number of ether oxygens (including phenoxy) is 1. The first kappa shape index (κ1) is 22.8. The molecule has 2 N–H and O–H groups in total. The molecule has 1 aliphatic heterocycles. The van der Waals surface area contributed by atoms with E-state index in [9.17, 15) is 14.4 Å². The number of aliphatic carboxylic acids is 1. The Morgan fingerprint density at radius 3 is 2.18 bits per heavy atom. The van der Waals surface area contributed by atoms with Crippen molar-refractivity contribution in [3.8, 4) is 11.1 Å². The summed E-state index contributed by atoms with van der Waals surface area (Å²) in [6, 6.07) is 16.4. The van der Waals surface area contributed by atoms with Gasteiger partial charge in [-0.25, -0.2) is 4.79 Å². The number of hydrogen-bond donors (Lipinski definition) is 2. The fourth-order valence-corrected chi connectivity index (χ4v) is 4.70. The van der Waals surface area contributed by atoms with E-state index in [0.29, 0.717) is 19.5 Å². The molecule has 0 spiro atoms. The topological polar surface area (TPSA) is 95.9 Å². The Hall–Kier alpha value is -3.35. The van der Waals surface area contributed by atoms with Crippen LogP contribution in [0, 0.1) is 5.92 Å². The quantitative estimate of drug-likeness (QED) is 0.633. The van der Waals surface area contributed by atoms with Gasteiger partial charge in [0.05, 0.1) is 6.42 Å². The lowest BCUT2D eigenvalue weighted by molar-refractivity contribution is -0.145. The Labute approximate surface area is 193 Å². The van der Waals surface area contributed by atoms with Crippen LogP contribution in [-0.4, -0.2) is 53.2 Å². The maximum Gasteiger partial charge on any atom is 0.407 e. The molecule has 1 saturated heterocycles. The van der Waals surface area contributed by atoms with Crippen molar-refractivity contribution in [3.05, 3.63) is 59.7 Å². The van der Waals surface area contributed by atoms with Crippen molar-refractivity contribution in [2.75, 3.05) is 19.7 Å². The number of carbonyl (C=O) groups is 3. The molecule has 1 fully saturated rings. The number of hydrogen-bond acceptors (Lipinski definition) is 4. The molecule has 0 aromatic heterocycles. The van der Waals surface area contributed by atoms with E-state index in [1.165, 1.54) is 11.1 Å². The normalized spacial score (nSPS) is 15.4. The summed E-state index contributed by atoms with van der Waals surface area (Å²) < 4.78 is 5.61. The highest BCUT2D eigenvalue weighted by atomic mass is 16.5. The van der Waals surface area contributed by atoms with E-state index >= 15 is 0 Å². The van der Waals surface area contributed by atoms with Gasteiger partial charge < -0.3 is 20.1 Å². The van der Waals surface area contributed by atoms with E-state index in [1.54, 1.807) is 4.90 Å². The molecule has 33 heavy (non-hydrogen) atoms. The summed E-state index contributed by atoms with van der Waals surface area (Å²) in [7, 11) is 0. The molecule has 2 amide bonds. The van der Waals surface area contributed by atoms with Gasteiger partial charge >= 0.3 is 12.1 Å². The minimum Gasteiger partial charge on any atom is -0.481 e. The molecule has 1 heterocycles. The smallest absolute Gasteiger partial charge is 0.407 e. The van der Waals surface area contributed by atoms with Gasteiger partial charge in [0, 0.05) is 36.9 Å². The van der Waals surface area contributed by atoms with Crippen molar-refractivity contribution in [1.29, 1.82) is 0 Å². The fraction of sp³-hybridized carbons (Fsp3) is 0.423. The Morgan fingerprint density at radius 1 is 1.03 bits per heavy atom. The van der Waals surface area contributed by atoms with Crippen LogP contribution in [0.25, 0.3) is 11.1 Å². The third-order valence-corrected chi connectivity index (χ3v) is 6.52. The summed E-state index contributed by atoms with van der Waals surface area (Å²) in [6.07, 6.45) is 0.352. The number of carboxylic acid groups (broad SMARTS) is 1. The van der Waals surface area contributed by atoms with Crippen LogP contribution >= 0.6 is 0 Å². The molecule has 2 aliphatic rings. The lowest BCUT2D eigenvalue weighted by Gasteiger charge is -2.39. The summed E-state index contributed by atoms with van der Waals surface area (Å²) in [5.41, 5.74) is 4.07. The third-order valence-electron chi connectivity index (χ3n) is 6.52. The van der Waals surface area contributed by atoms with Crippen LogP contribution in [0.4, 0.5) is 4.79 Å². The average Bonchev–Trinajstić information content (AvgIpc) is 3.06. The molecule has 4 rings (SSSR count). The van der Waals surface area contributed by atoms with Crippen LogP contribution in [-0.2, 0) is 14.3 Å². The van der Waals surface area contributed by atoms with Gasteiger partial charge in [-0.1, -0.05) is 48.5 Å². The number of nitrogens with zero attached hydrogens (tertiary/aromatic N) is 1. The number of fused-ring (bicyclic) bond motifs is 3. The number of likely N-dealkylation sites (tertiary alicyclic amines) is 1. The van der Waals surface area contributed by atoms with Gasteiger partial charge in [-0.2, -0.15) is 0 Å². The maximum atomic E-state index is 12.5. The van der Waals surface area contributed by atoms with Crippen molar-refractivity contribution in [2.45, 2.75) is 44.6 Å². The molecule has 0 saturated carbocycles. The number of benzene rings is 2. The standard InChI is InChI=1S/C26H30N2O5/c1-26(2,12-11-23(29)28-14-17(15-28)13-24(30)31)27-25(32)33-16-22-20-9-5-3-7-18(20)19-8-4-6-10-21(19)22/h3-10,17,22H,11-16H2,1-2H3,(H,27,32)(H,30,31). The van der Waals surface area contributed by atoms with Crippen molar-refractivity contribution < 1.29 is 24.2 Å². The molecule has 7 heteroatoms. The van der Waals surface area contributed by atoms with Crippen molar-refractivity contribution in [2.24, 2.45) is 5.92 Å². The monoisotopic (exact) mass is 450 g/mol. The molecule has 0 bridgehead atoms. The summed E-state index contributed by atoms with van der Waals surface area (Å²) in [5, 5.41) is 11.7. The molecule has 0 radical (unpaired) electrons. The molecule has 2 aromatic rings. The summed E-state index contributed by atoms with van der Waals surface area (Å²) in [5.74, 6) is -0.809. The highest BCUT2D eigenvalue weighted by molar-refractivity contribution is 5.79. The zero-order valence-corrected chi connectivity index (χ0v) is 19.0. The Morgan fingerprint density at radius 2 is 1.61 bits per heavy atom. The number of alkyl carbamates (subject to hydrolysis) is 1. The summed E-state index contributed by atoms with van der Waals surface area (Å²) in [4.78, 5) is 37.3. The number of amides is 2. The predicted octanol–water partition coefficient (Wildman–Crippen LogP) is 4.02. The van der Waals surface area contributed by atoms with E-state index in [0.717, 1.165) is 11.1 Å². The van der Waals surface area contributed by atoms with Gasteiger partial charge in [0.1, 0.15) is 6.61 Å². The molecule has 1 aliphatic carbocycles. The summed E-state index contributed by atoms with van der Waals surface area (Å²) in [6.45, 7) is 4.96. The molecular weight excluding hydrogens is 420 g/mol. The maximum absolute atomic E-state index is 12.5. The van der Waals surface area contributed by atoms with Crippen LogP contribution in [0.2, 0.25) is 0 Å². The molecule has 0 unspecified atom stereocenters. The van der Waals surface area contributed by atoms with Gasteiger partial charge in [-0.3, -0.25) is 9.59 Å². The second-order valence-electron chi connectivity index (χ2n) is 9.60. The van der Waals surface area contributed by atoms with Crippen LogP contribution in [0.15, 0.2) is 48.5 Å². The Bertz CT molecular complexity index is 1010. The van der Waals surface area contributed by atoms with E-state index in [1.807, 2.05) is 38.1 Å². The zero-order chi connectivity index (χ0) is 23.6. The number of rotatable bonds is 8. The Balaban J connectivity index is 1.26. The van der Waals surface area contributed by atoms with E-state index in [4.69, 9.17) is 9.84 Å². The highest BCUT2D eigenvalue weighted by Crippen LogP contribution is 2.44. The molecule has 174 valence electrons. The lowest BCUT2D eigenvalue weighted by Crippen LogP contribution is -2.51. The molecular formula is C26H30N2O5. The van der Waals surface area contributed by atoms with Crippen LogP contribution < -0.4 is 5.32 Å². The Kier molecular flexibility index (Phi) is 6.40. The SMILES string of the molecule is CC(C)(CCC(=O)N1CC(CC(=O)O)C1)NC(=O)OCC1c2ccccc2-c2ccccc21. The summed E-state index contributed by atoms with van der Waals surface area (Å²) >= 11 is 0. The fourth-order valence-electron chi connectivity index (χ4n) is 4.70. The van der Waals surface area contributed by atoms with Crippen LogP contribution in [0.5, 0.6) is 0 Å². The minimum atomic E-state index is -0.833. The molecule has 0 atom stereocenters. The minimum absolute atomic E-state index is 0.00185. The van der Waals surface area contributed by atoms with Gasteiger partial charge in [0.15, 0.2) is 0 Å². The van der Waals surface area contributed by atoms with Gasteiger partial charge in [-0.15, -0.1) is 0 Å². The highest BCUT2D eigenvalue weighted by Gasteiger charge is 2.33. The van der Waals surface area contributed by atoms with Gasteiger partial charge in [-0.05, 0) is 42.5 Å². The largest absolute Gasteiger partial charge is 0.481 e. The van der Waals surface area contributed by atoms with E-state index < -0.39 is 17.6 Å². The second kappa shape index (κ2) is 9.25. The van der Waals surface area contributed by atoms with Crippen molar-refractivity contribution >= 4 is 18.0 Å².